The summed E-state index contributed by atoms with van der Waals surface area (Å²) in [6, 6.07) is 6.59. The molecule has 9 heteroatoms. The van der Waals surface area contributed by atoms with Crippen molar-refractivity contribution in [2.45, 2.75) is 18.9 Å². The Kier molecular flexibility index (Phi) is 5.19. The van der Waals surface area contributed by atoms with Crippen molar-refractivity contribution in [2.75, 3.05) is 0 Å². The summed E-state index contributed by atoms with van der Waals surface area (Å²) in [5, 5.41) is 10.4. The van der Waals surface area contributed by atoms with Crippen LogP contribution in [0.5, 0.6) is 5.75 Å². The number of aromatic hydroxyl groups is 1. The van der Waals surface area contributed by atoms with Gasteiger partial charge in [-0.25, -0.2) is 15.7 Å². The number of rotatable bonds is 3. The Bertz CT molecular complexity index is 466. The van der Waals surface area contributed by atoms with Gasteiger partial charge in [0.15, 0.2) is 0 Å². The van der Waals surface area contributed by atoms with Gasteiger partial charge >= 0.3 is 12.5 Å². The fourth-order valence-electron chi connectivity index (χ4n) is 1.68. The van der Waals surface area contributed by atoms with E-state index in [0.717, 1.165) is 5.56 Å². The normalized spacial score (nSPS) is 22.2. The van der Waals surface area contributed by atoms with Crippen molar-refractivity contribution in [1.82, 2.24) is 10.5 Å². The molecule has 2 rings (SSSR count). The molecule has 104 valence electrons. The summed E-state index contributed by atoms with van der Waals surface area (Å²) in [7, 11) is 0. The zero-order valence-electron chi connectivity index (χ0n) is 10.0. The van der Waals surface area contributed by atoms with E-state index >= 15 is 0 Å². The van der Waals surface area contributed by atoms with Crippen molar-refractivity contribution in [1.29, 1.82) is 0 Å². The highest BCUT2D eigenvalue weighted by Crippen LogP contribution is 2.14. The van der Waals surface area contributed by atoms with Crippen LogP contribution in [0.1, 0.15) is 5.56 Å². The minimum Gasteiger partial charge on any atom is -0.508 e. The second-order valence-electron chi connectivity index (χ2n) is 3.93. The predicted molar refractivity (Wildman–Crippen MR) is 72.1 cm³/mol. The van der Waals surface area contributed by atoms with Crippen LogP contribution < -0.4 is 17.1 Å². The number of benzene rings is 1. The standard InChI is InChI=1S/C10H14N6O2.ClH/c11-10-15(14-12)6-13-9(16(10)18)5-7-1-3-8(17)4-2-7;/h1-4,6,9-10,14H,5,11-12H2;1H/p+1. The Labute approximate surface area is 116 Å². The number of hydrazine groups is 2. The third kappa shape index (κ3) is 3.38. The van der Waals surface area contributed by atoms with Crippen molar-refractivity contribution in [3.05, 3.63) is 34.7 Å². The molecule has 1 aliphatic heterocycles. The van der Waals surface area contributed by atoms with Crippen LogP contribution in [0.25, 0.3) is 0 Å². The molecule has 0 saturated heterocycles. The van der Waals surface area contributed by atoms with Crippen LogP contribution in [-0.2, 0) is 6.42 Å². The molecule has 0 radical (unpaired) electrons. The Hall–Kier alpha value is -1.74. The molecule has 2 unspecified atom stereocenters. The van der Waals surface area contributed by atoms with E-state index in [4.69, 9.17) is 11.6 Å². The average Bonchev–Trinajstić information content (AvgIpc) is 2.38. The van der Waals surface area contributed by atoms with E-state index in [1.165, 1.54) is 11.3 Å². The molecule has 0 bridgehead atoms. The number of halogens is 1. The van der Waals surface area contributed by atoms with Gasteiger partial charge in [-0.2, -0.15) is 5.53 Å². The van der Waals surface area contributed by atoms with Gasteiger partial charge < -0.3 is 5.11 Å². The minimum atomic E-state index is -0.922. The summed E-state index contributed by atoms with van der Waals surface area (Å²) in [6.45, 7) is 0. The number of phenolic OH excluding ortho intramolecular Hbond substituents is 1. The summed E-state index contributed by atoms with van der Waals surface area (Å²) < 4.78 is 0.659. The third-order valence-corrected chi connectivity index (χ3v) is 2.71. The summed E-state index contributed by atoms with van der Waals surface area (Å²) in [4.78, 5) is 15.9. The number of nitroso groups, excluding NO2 is 1. The van der Waals surface area contributed by atoms with Crippen molar-refractivity contribution in [3.63, 3.8) is 0 Å². The first-order chi connectivity index (χ1) is 8.61. The second-order valence-corrected chi connectivity index (χ2v) is 3.93. The van der Waals surface area contributed by atoms with E-state index in [9.17, 15) is 10.0 Å². The Morgan fingerprint density at radius 1 is 1.42 bits per heavy atom. The molecular weight excluding hydrogens is 272 g/mol. The molecule has 1 heterocycles. The lowest BCUT2D eigenvalue weighted by Crippen LogP contribution is -2.61. The lowest BCUT2D eigenvalue weighted by atomic mass is 10.1. The highest BCUT2D eigenvalue weighted by molar-refractivity contribution is 5.85. The first-order valence-electron chi connectivity index (χ1n) is 5.38. The van der Waals surface area contributed by atoms with Crippen LogP contribution in [0.3, 0.4) is 0 Å². The summed E-state index contributed by atoms with van der Waals surface area (Å²) in [5.74, 6) is 5.36. The zero-order chi connectivity index (χ0) is 13.1. The first-order valence-corrected chi connectivity index (χ1v) is 5.38. The lowest BCUT2D eigenvalue weighted by molar-refractivity contribution is -0.642. The van der Waals surface area contributed by atoms with Gasteiger partial charge in [-0.05, 0) is 17.7 Å². The van der Waals surface area contributed by atoms with Gasteiger partial charge in [0.1, 0.15) is 12.1 Å². The van der Waals surface area contributed by atoms with E-state index in [2.05, 4.69) is 10.5 Å². The number of hydrogen-bond acceptors (Lipinski definition) is 7. The fourth-order valence-corrected chi connectivity index (χ4v) is 1.68. The number of phenols is 1. The van der Waals surface area contributed by atoms with Crippen molar-refractivity contribution in [2.24, 2.45) is 16.6 Å². The van der Waals surface area contributed by atoms with Gasteiger partial charge in [-0.15, -0.1) is 12.4 Å². The van der Waals surface area contributed by atoms with Gasteiger partial charge in [-0.3, -0.25) is 5.84 Å². The molecule has 1 aromatic carbocycles. The molecule has 0 aliphatic carbocycles. The molecule has 6 N–H and O–H groups in total. The molecule has 19 heavy (non-hydrogen) atoms. The second kappa shape index (κ2) is 6.43. The van der Waals surface area contributed by atoms with Crippen LogP contribution in [0.15, 0.2) is 29.3 Å². The maximum atomic E-state index is 11.9. The lowest BCUT2D eigenvalue weighted by Gasteiger charge is -2.24. The molecule has 0 fully saturated rings. The average molecular weight is 288 g/mol. The third-order valence-electron chi connectivity index (χ3n) is 2.71. The molecule has 0 aromatic heterocycles. The largest absolute Gasteiger partial charge is 0.508 e. The smallest absolute Gasteiger partial charge is 0.350 e. The topological polar surface area (TPSA) is 120 Å². The number of nitrogens with two attached hydrogens (primary N) is 2. The van der Waals surface area contributed by atoms with Gasteiger partial charge in [0.2, 0.25) is 0 Å². The molecule has 0 amide bonds. The predicted octanol–water partition coefficient (Wildman–Crippen LogP) is -0.574. The fraction of sp³-hybridized carbons (Fsp3) is 0.300. The van der Waals surface area contributed by atoms with Crippen LogP contribution in [0, 0.1) is 4.91 Å². The van der Waals surface area contributed by atoms with Crippen molar-refractivity contribution in [3.8, 4) is 5.75 Å². The minimum absolute atomic E-state index is 0. The molecule has 2 atom stereocenters. The Morgan fingerprint density at radius 3 is 2.63 bits per heavy atom. The van der Waals surface area contributed by atoms with E-state index in [-0.39, 0.29) is 18.2 Å². The van der Waals surface area contributed by atoms with E-state index in [1.807, 2.05) is 0 Å². The maximum Gasteiger partial charge on any atom is 0.350 e. The Morgan fingerprint density at radius 2 is 2.05 bits per heavy atom. The highest BCUT2D eigenvalue weighted by atomic mass is 35.5. The first kappa shape index (κ1) is 15.3. The van der Waals surface area contributed by atoms with Crippen molar-refractivity contribution >= 4 is 18.7 Å². The van der Waals surface area contributed by atoms with Crippen LogP contribution in [0.4, 0.5) is 0 Å². The molecule has 1 aromatic rings. The molecular formula is C10H16ClN6O2+. The summed E-state index contributed by atoms with van der Waals surface area (Å²) in [5.41, 5.74) is 8.81. The number of nitrogens with one attached hydrogen (secondary N) is 1. The SMILES string of the molecule is Cl.NNN1C=NC(Cc2ccc(O)cc2)[N+](=O)C1N. The van der Waals surface area contributed by atoms with E-state index < -0.39 is 12.5 Å². The van der Waals surface area contributed by atoms with Crippen LogP contribution in [-0.4, -0.2) is 33.7 Å². The molecule has 0 saturated carbocycles. The maximum absolute atomic E-state index is 11.9. The van der Waals surface area contributed by atoms with Gasteiger partial charge in [0.25, 0.3) is 0 Å². The zero-order valence-corrected chi connectivity index (χ0v) is 10.8. The monoisotopic (exact) mass is 287 g/mol. The number of hydrogen-bond donors (Lipinski definition) is 4. The van der Waals surface area contributed by atoms with Gasteiger partial charge in [-0.1, -0.05) is 12.1 Å². The molecule has 0 spiro atoms. The van der Waals surface area contributed by atoms with Crippen molar-refractivity contribution < 1.29 is 9.87 Å². The summed E-state index contributed by atoms with van der Waals surface area (Å²) >= 11 is 0. The van der Waals surface area contributed by atoms with E-state index in [1.54, 1.807) is 24.3 Å². The number of aliphatic imine (C=N–C) groups is 1. The highest BCUT2D eigenvalue weighted by Gasteiger charge is 2.38. The van der Waals surface area contributed by atoms with E-state index in [0.29, 0.717) is 11.2 Å². The number of nitrogens with zero attached hydrogens (tertiary/aromatic N) is 3. The molecule has 8 nitrogen and oxygen atoms in total. The van der Waals surface area contributed by atoms with Gasteiger partial charge in [0.05, 0.1) is 11.2 Å². The molecule has 1 aliphatic rings. The summed E-state index contributed by atoms with van der Waals surface area (Å²) in [6.07, 6.45) is 0.278. The van der Waals surface area contributed by atoms with Gasteiger partial charge in [0, 0.05) is 4.91 Å². The Balaban J connectivity index is 0.00000180. The quantitative estimate of drug-likeness (QED) is 0.336. The van der Waals surface area contributed by atoms with Crippen LogP contribution >= 0.6 is 12.4 Å². The van der Waals surface area contributed by atoms with Crippen LogP contribution in [0.2, 0.25) is 0 Å².